The number of phenolic OH excluding ortho intramolecular Hbond substituents is 1. The first-order valence-corrected chi connectivity index (χ1v) is 6.48. The first kappa shape index (κ1) is 13.4. The van der Waals surface area contributed by atoms with Crippen LogP contribution in [0.2, 0.25) is 0 Å². The topological polar surface area (TPSA) is 55.5 Å². The molecular formula is C16H19NO2. The third-order valence-corrected chi connectivity index (χ3v) is 2.96. The average molecular weight is 257 g/mol. The molecule has 0 spiro atoms. The number of benzene rings is 2. The van der Waals surface area contributed by atoms with Crippen molar-refractivity contribution in [1.82, 2.24) is 0 Å². The molecule has 2 aromatic rings. The van der Waals surface area contributed by atoms with Crippen LogP contribution < -0.4 is 10.5 Å². The monoisotopic (exact) mass is 257 g/mol. The van der Waals surface area contributed by atoms with E-state index in [1.165, 1.54) is 0 Å². The van der Waals surface area contributed by atoms with Crippen LogP contribution in [0.4, 0.5) is 0 Å². The van der Waals surface area contributed by atoms with Gasteiger partial charge in [-0.25, -0.2) is 0 Å². The molecule has 0 aliphatic rings. The van der Waals surface area contributed by atoms with Gasteiger partial charge in [-0.15, -0.1) is 0 Å². The molecule has 0 saturated carbocycles. The molecule has 0 atom stereocenters. The minimum Gasteiger partial charge on any atom is -0.508 e. The van der Waals surface area contributed by atoms with E-state index in [0.29, 0.717) is 18.9 Å². The lowest BCUT2D eigenvalue weighted by molar-refractivity contribution is 0.304. The lowest BCUT2D eigenvalue weighted by atomic mass is 10.1. The van der Waals surface area contributed by atoms with Gasteiger partial charge in [0.25, 0.3) is 0 Å². The van der Waals surface area contributed by atoms with Crippen LogP contribution in [-0.4, -0.2) is 11.7 Å². The maximum atomic E-state index is 9.89. The molecule has 0 fully saturated rings. The molecule has 0 bridgehead atoms. The Kier molecular flexibility index (Phi) is 4.81. The van der Waals surface area contributed by atoms with Gasteiger partial charge in [0.15, 0.2) is 0 Å². The molecule has 0 aromatic heterocycles. The van der Waals surface area contributed by atoms with E-state index in [-0.39, 0.29) is 5.75 Å². The molecule has 3 nitrogen and oxygen atoms in total. The van der Waals surface area contributed by atoms with Gasteiger partial charge in [0, 0.05) is 6.07 Å². The quantitative estimate of drug-likeness (QED) is 0.836. The molecule has 2 aromatic carbocycles. The van der Waals surface area contributed by atoms with Gasteiger partial charge >= 0.3 is 0 Å². The number of aromatic hydroxyl groups is 1. The normalized spacial score (nSPS) is 10.4. The number of hydrogen-bond acceptors (Lipinski definition) is 3. The van der Waals surface area contributed by atoms with Crippen molar-refractivity contribution in [3.8, 4) is 11.5 Å². The maximum Gasteiger partial charge on any atom is 0.123 e. The zero-order chi connectivity index (χ0) is 13.5. The van der Waals surface area contributed by atoms with Crippen LogP contribution in [0, 0.1) is 0 Å². The molecule has 0 radical (unpaired) electrons. The van der Waals surface area contributed by atoms with Gasteiger partial charge in [-0.3, -0.25) is 0 Å². The highest BCUT2D eigenvalue weighted by Crippen LogP contribution is 2.25. The summed E-state index contributed by atoms with van der Waals surface area (Å²) in [5, 5.41) is 9.89. The molecule has 0 unspecified atom stereocenters. The Morgan fingerprint density at radius 3 is 2.53 bits per heavy atom. The summed E-state index contributed by atoms with van der Waals surface area (Å²) in [7, 11) is 0. The van der Waals surface area contributed by atoms with Crippen molar-refractivity contribution >= 4 is 0 Å². The fourth-order valence-electron chi connectivity index (χ4n) is 1.88. The molecule has 3 heteroatoms. The lowest BCUT2D eigenvalue weighted by Gasteiger charge is -2.09. The summed E-state index contributed by atoms with van der Waals surface area (Å²) in [6, 6.07) is 15.4. The number of hydrogen-bond donors (Lipinski definition) is 2. The van der Waals surface area contributed by atoms with Crippen LogP contribution in [0.25, 0.3) is 0 Å². The van der Waals surface area contributed by atoms with Gasteiger partial charge in [-0.2, -0.15) is 0 Å². The molecule has 19 heavy (non-hydrogen) atoms. The Bertz CT molecular complexity index is 511. The van der Waals surface area contributed by atoms with Crippen LogP contribution >= 0.6 is 0 Å². The Labute approximate surface area is 113 Å². The standard InChI is InChI=1S/C16H19NO2/c17-10-4-7-14-8-9-15(11-16(14)18)19-12-13-5-2-1-3-6-13/h1-3,5-6,8-9,11,18H,4,7,10,12,17H2. The molecule has 2 rings (SSSR count). The largest absolute Gasteiger partial charge is 0.508 e. The number of nitrogens with two attached hydrogens (primary N) is 1. The molecule has 0 amide bonds. The Morgan fingerprint density at radius 2 is 1.84 bits per heavy atom. The average Bonchev–Trinajstić information content (AvgIpc) is 2.45. The van der Waals surface area contributed by atoms with E-state index in [1.807, 2.05) is 42.5 Å². The van der Waals surface area contributed by atoms with Gasteiger partial charge in [0.1, 0.15) is 18.1 Å². The second-order valence-electron chi connectivity index (χ2n) is 4.46. The fraction of sp³-hybridized carbons (Fsp3) is 0.250. The second kappa shape index (κ2) is 6.81. The van der Waals surface area contributed by atoms with E-state index in [2.05, 4.69) is 0 Å². The number of phenols is 1. The predicted octanol–water partition coefficient (Wildman–Crippen LogP) is 2.86. The van der Waals surface area contributed by atoms with Crippen LogP contribution in [0.3, 0.4) is 0 Å². The first-order valence-electron chi connectivity index (χ1n) is 6.48. The molecule has 0 aliphatic heterocycles. The summed E-state index contributed by atoms with van der Waals surface area (Å²) >= 11 is 0. The molecular weight excluding hydrogens is 238 g/mol. The number of ether oxygens (including phenoxy) is 1. The zero-order valence-electron chi connectivity index (χ0n) is 10.9. The van der Waals surface area contributed by atoms with Gasteiger partial charge < -0.3 is 15.6 Å². The third kappa shape index (κ3) is 4.00. The Balaban J connectivity index is 1.96. The van der Waals surface area contributed by atoms with Gasteiger partial charge in [-0.1, -0.05) is 36.4 Å². The smallest absolute Gasteiger partial charge is 0.123 e. The maximum absolute atomic E-state index is 9.89. The predicted molar refractivity (Wildman–Crippen MR) is 76.3 cm³/mol. The van der Waals surface area contributed by atoms with E-state index in [1.54, 1.807) is 6.07 Å². The molecule has 100 valence electrons. The summed E-state index contributed by atoms with van der Waals surface area (Å²) in [6.45, 7) is 1.13. The lowest BCUT2D eigenvalue weighted by Crippen LogP contribution is -2.00. The van der Waals surface area contributed by atoms with Crippen molar-refractivity contribution in [3.63, 3.8) is 0 Å². The van der Waals surface area contributed by atoms with Crippen molar-refractivity contribution in [2.75, 3.05) is 6.54 Å². The molecule has 0 saturated heterocycles. The second-order valence-corrected chi connectivity index (χ2v) is 4.46. The molecule has 0 heterocycles. The van der Waals surface area contributed by atoms with Crippen molar-refractivity contribution in [1.29, 1.82) is 0 Å². The van der Waals surface area contributed by atoms with Crippen molar-refractivity contribution in [2.24, 2.45) is 5.73 Å². The minimum atomic E-state index is 0.277. The van der Waals surface area contributed by atoms with Crippen LogP contribution in [0.1, 0.15) is 17.5 Å². The summed E-state index contributed by atoms with van der Waals surface area (Å²) in [5.41, 5.74) is 7.48. The summed E-state index contributed by atoms with van der Waals surface area (Å²) in [4.78, 5) is 0. The van der Waals surface area contributed by atoms with E-state index in [0.717, 1.165) is 24.0 Å². The highest BCUT2D eigenvalue weighted by atomic mass is 16.5. The van der Waals surface area contributed by atoms with Crippen molar-refractivity contribution in [3.05, 3.63) is 59.7 Å². The molecule has 0 aliphatic carbocycles. The third-order valence-electron chi connectivity index (χ3n) is 2.96. The van der Waals surface area contributed by atoms with Gasteiger partial charge in [0.2, 0.25) is 0 Å². The zero-order valence-corrected chi connectivity index (χ0v) is 10.9. The summed E-state index contributed by atoms with van der Waals surface area (Å²) in [5.74, 6) is 0.955. The van der Waals surface area contributed by atoms with Crippen LogP contribution in [-0.2, 0) is 13.0 Å². The Morgan fingerprint density at radius 1 is 1.05 bits per heavy atom. The minimum absolute atomic E-state index is 0.277. The van der Waals surface area contributed by atoms with E-state index in [9.17, 15) is 5.11 Å². The van der Waals surface area contributed by atoms with Crippen molar-refractivity contribution < 1.29 is 9.84 Å². The SMILES string of the molecule is NCCCc1ccc(OCc2ccccc2)cc1O. The van der Waals surface area contributed by atoms with Gasteiger partial charge in [-0.05, 0) is 36.6 Å². The van der Waals surface area contributed by atoms with Crippen LogP contribution in [0.15, 0.2) is 48.5 Å². The van der Waals surface area contributed by atoms with Crippen molar-refractivity contribution in [2.45, 2.75) is 19.4 Å². The number of rotatable bonds is 6. The Hall–Kier alpha value is -2.00. The summed E-state index contributed by atoms with van der Waals surface area (Å²) < 4.78 is 5.65. The van der Waals surface area contributed by atoms with Crippen LogP contribution in [0.5, 0.6) is 11.5 Å². The fourth-order valence-corrected chi connectivity index (χ4v) is 1.88. The van der Waals surface area contributed by atoms with E-state index in [4.69, 9.17) is 10.5 Å². The summed E-state index contributed by atoms with van der Waals surface area (Å²) in [6.07, 6.45) is 1.67. The van der Waals surface area contributed by atoms with Gasteiger partial charge in [0.05, 0.1) is 0 Å². The van der Waals surface area contributed by atoms with E-state index < -0.39 is 0 Å². The molecule has 3 N–H and O–H groups in total. The highest BCUT2D eigenvalue weighted by molar-refractivity contribution is 5.39. The van der Waals surface area contributed by atoms with E-state index >= 15 is 0 Å². The first-order chi connectivity index (χ1) is 9.29. The highest BCUT2D eigenvalue weighted by Gasteiger charge is 2.03. The number of aryl methyl sites for hydroxylation is 1.